The van der Waals surface area contributed by atoms with Crippen LogP contribution in [-0.2, 0) is 6.54 Å². The third-order valence-electron chi connectivity index (χ3n) is 4.41. The van der Waals surface area contributed by atoms with E-state index < -0.39 is 0 Å². The average molecular weight is 298 g/mol. The van der Waals surface area contributed by atoms with E-state index in [-0.39, 0.29) is 12.5 Å². The van der Waals surface area contributed by atoms with Crippen LogP contribution in [0.25, 0.3) is 0 Å². The van der Waals surface area contributed by atoms with Crippen molar-refractivity contribution in [1.29, 1.82) is 0 Å². The Kier molecular flexibility index (Phi) is 4.71. The van der Waals surface area contributed by atoms with Crippen LogP contribution < -0.4 is 4.74 Å². The summed E-state index contributed by atoms with van der Waals surface area (Å²) in [5.41, 5.74) is 2.26. The smallest absolute Gasteiger partial charge is 0.123 e. The summed E-state index contributed by atoms with van der Waals surface area (Å²) in [5.74, 6) is 1.45. The van der Waals surface area contributed by atoms with Crippen molar-refractivity contribution in [3.8, 4) is 5.75 Å². The van der Waals surface area contributed by atoms with E-state index >= 15 is 0 Å². The van der Waals surface area contributed by atoms with Crippen LogP contribution in [0.2, 0.25) is 0 Å². The van der Waals surface area contributed by atoms with Gasteiger partial charge in [-0.05, 0) is 18.2 Å². The fourth-order valence-corrected chi connectivity index (χ4v) is 3.28. The molecule has 2 heterocycles. The number of rotatable bonds is 5. The minimum absolute atomic E-state index is 0.198. The van der Waals surface area contributed by atoms with Crippen molar-refractivity contribution in [2.45, 2.75) is 12.5 Å². The second kappa shape index (κ2) is 6.90. The van der Waals surface area contributed by atoms with E-state index in [1.165, 1.54) is 5.56 Å². The highest BCUT2D eigenvalue weighted by molar-refractivity contribution is 5.33. The van der Waals surface area contributed by atoms with Gasteiger partial charge in [-0.3, -0.25) is 9.88 Å². The SMILES string of the molecule is COc1ccccc1CN1C[C@@H](CO)[C@H](c2ccccn2)C1. The molecule has 0 radical (unpaired) electrons. The van der Waals surface area contributed by atoms with Gasteiger partial charge in [-0.25, -0.2) is 0 Å². The fraction of sp³-hybridized carbons (Fsp3) is 0.389. The maximum Gasteiger partial charge on any atom is 0.123 e. The summed E-state index contributed by atoms with van der Waals surface area (Å²) in [4.78, 5) is 6.84. The van der Waals surface area contributed by atoms with Crippen LogP contribution in [-0.4, -0.2) is 41.8 Å². The van der Waals surface area contributed by atoms with Crippen LogP contribution >= 0.6 is 0 Å². The first-order valence-electron chi connectivity index (χ1n) is 7.68. The molecule has 1 fully saturated rings. The van der Waals surface area contributed by atoms with Crippen LogP contribution in [0.5, 0.6) is 5.75 Å². The highest BCUT2D eigenvalue weighted by atomic mass is 16.5. The summed E-state index contributed by atoms with van der Waals surface area (Å²) >= 11 is 0. The quantitative estimate of drug-likeness (QED) is 0.920. The normalized spacial score (nSPS) is 21.9. The first-order chi connectivity index (χ1) is 10.8. The standard InChI is InChI=1S/C18H22N2O2/c1-22-18-8-3-2-6-14(18)10-20-11-15(13-21)16(12-20)17-7-4-5-9-19-17/h2-9,15-16,21H,10-13H2,1H3/t15-,16+/m0/s1. The molecule has 22 heavy (non-hydrogen) atoms. The molecule has 0 amide bonds. The van der Waals surface area contributed by atoms with Crippen LogP contribution in [0.4, 0.5) is 0 Å². The number of aliphatic hydroxyl groups excluding tert-OH is 1. The van der Waals surface area contributed by atoms with E-state index in [4.69, 9.17) is 4.74 Å². The third kappa shape index (κ3) is 3.13. The highest BCUT2D eigenvalue weighted by Gasteiger charge is 2.34. The molecule has 1 aromatic heterocycles. The lowest BCUT2D eigenvalue weighted by molar-refractivity contribution is 0.213. The number of aliphatic hydroxyl groups is 1. The third-order valence-corrected chi connectivity index (χ3v) is 4.41. The molecule has 0 unspecified atom stereocenters. The summed E-state index contributed by atoms with van der Waals surface area (Å²) in [6.07, 6.45) is 1.83. The molecule has 1 saturated heterocycles. The van der Waals surface area contributed by atoms with Gasteiger partial charge >= 0.3 is 0 Å². The van der Waals surface area contributed by atoms with Gasteiger partial charge in [0.1, 0.15) is 5.75 Å². The van der Waals surface area contributed by atoms with E-state index in [2.05, 4.69) is 22.0 Å². The first-order valence-corrected chi connectivity index (χ1v) is 7.68. The predicted molar refractivity (Wildman–Crippen MR) is 85.8 cm³/mol. The Bertz CT molecular complexity index is 603. The molecule has 1 N–H and O–H groups in total. The number of likely N-dealkylation sites (tertiary alicyclic amines) is 1. The summed E-state index contributed by atoms with van der Waals surface area (Å²) in [6.45, 7) is 2.84. The second-order valence-corrected chi connectivity index (χ2v) is 5.81. The van der Waals surface area contributed by atoms with E-state index in [0.717, 1.165) is 31.1 Å². The van der Waals surface area contributed by atoms with Crippen LogP contribution in [0.1, 0.15) is 17.2 Å². The average Bonchev–Trinajstić information content (AvgIpc) is 2.99. The van der Waals surface area contributed by atoms with Crippen LogP contribution in [0.15, 0.2) is 48.7 Å². The lowest BCUT2D eigenvalue weighted by Crippen LogP contribution is -2.21. The Hall–Kier alpha value is -1.91. The first kappa shape index (κ1) is 15.0. The maximum absolute atomic E-state index is 9.70. The highest BCUT2D eigenvalue weighted by Crippen LogP contribution is 2.33. The molecular formula is C18H22N2O2. The number of para-hydroxylation sites is 1. The summed E-state index contributed by atoms with van der Waals surface area (Å²) in [6, 6.07) is 14.1. The van der Waals surface area contributed by atoms with Gasteiger partial charge in [-0.15, -0.1) is 0 Å². The van der Waals surface area contributed by atoms with Crippen molar-refractivity contribution in [3.05, 3.63) is 59.9 Å². The molecule has 0 aliphatic carbocycles. The maximum atomic E-state index is 9.70. The van der Waals surface area contributed by atoms with Gasteiger partial charge in [0.05, 0.1) is 7.11 Å². The molecule has 1 aliphatic rings. The van der Waals surface area contributed by atoms with Crippen molar-refractivity contribution in [2.75, 3.05) is 26.8 Å². The molecule has 0 bridgehead atoms. The molecule has 4 nitrogen and oxygen atoms in total. The zero-order chi connectivity index (χ0) is 15.4. The minimum Gasteiger partial charge on any atom is -0.496 e. The summed E-state index contributed by atoms with van der Waals surface area (Å²) in [7, 11) is 1.70. The molecule has 2 aromatic rings. The zero-order valence-electron chi connectivity index (χ0n) is 12.9. The Morgan fingerprint density at radius 2 is 2.00 bits per heavy atom. The van der Waals surface area contributed by atoms with Gasteiger partial charge in [0.2, 0.25) is 0 Å². The molecule has 0 spiro atoms. The minimum atomic E-state index is 0.198. The largest absolute Gasteiger partial charge is 0.496 e. The van der Waals surface area contributed by atoms with Gasteiger partial charge in [-0.2, -0.15) is 0 Å². The Morgan fingerprint density at radius 1 is 1.18 bits per heavy atom. The fourth-order valence-electron chi connectivity index (χ4n) is 3.28. The molecule has 1 aromatic carbocycles. The van der Waals surface area contributed by atoms with Crippen molar-refractivity contribution in [3.63, 3.8) is 0 Å². The number of hydrogen-bond donors (Lipinski definition) is 1. The van der Waals surface area contributed by atoms with Gasteiger partial charge in [-0.1, -0.05) is 24.3 Å². The van der Waals surface area contributed by atoms with Gasteiger partial charge < -0.3 is 9.84 Å². The molecule has 4 heteroatoms. The van der Waals surface area contributed by atoms with E-state index in [9.17, 15) is 5.11 Å². The zero-order valence-corrected chi connectivity index (χ0v) is 12.9. The van der Waals surface area contributed by atoms with Crippen molar-refractivity contribution in [1.82, 2.24) is 9.88 Å². The Labute approximate surface area is 131 Å². The topological polar surface area (TPSA) is 45.6 Å². The lowest BCUT2D eigenvalue weighted by Gasteiger charge is -2.17. The van der Waals surface area contributed by atoms with Gasteiger partial charge in [0.15, 0.2) is 0 Å². The lowest BCUT2D eigenvalue weighted by atomic mass is 9.93. The number of benzene rings is 1. The predicted octanol–water partition coefficient (Wildman–Crippen LogP) is 2.30. The molecule has 1 aliphatic heterocycles. The summed E-state index contributed by atoms with van der Waals surface area (Å²) < 4.78 is 5.43. The van der Waals surface area contributed by atoms with Crippen LogP contribution in [0.3, 0.4) is 0 Å². The second-order valence-electron chi connectivity index (χ2n) is 5.81. The molecule has 3 rings (SSSR count). The van der Waals surface area contributed by atoms with Gasteiger partial charge in [0.25, 0.3) is 0 Å². The van der Waals surface area contributed by atoms with Gasteiger partial charge in [0, 0.05) is 55.5 Å². The summed E-state index contributed by atoms with van der Waals surface area (Å²) in [5, 5.41) is 9.70. The van der Waals surface area contributed by atoms with Crippen LogP contribution in [0, 0.1) is 5.92 Å². The number of hydrogen-bond acceptors (Lipinski definition) is 4. The molecular weight excluding hydrogens is 276 g/mol. The number of nitrogens with zero attached hydrogens (tertiary/aromatic N) is 2. The van der Waals surface area contributed by atoms with E-state index in [1.54, 1.807) is 7.11 Å². The van der Waals surface area contributed by atoms with Crippen molar-refractivity contribution < 1.29 is 9.84 Å². The van der Waals surface area contributed by atoms with E-state index in [1.807, 2.05) is 36.5 Å². The van der Waals surface area contributed by atoms with Crippen molar-refractivity contribution in [2.24, 2.45) is 5.92 Å². The van der Waals surface area contributed by atoms with E-state index in [0.29, 0.717) is 5.92 Å². The number of methoxy groups -OCH3 is 1. The molecule has 0 saturated carbocycles. The number of pyridine rings is 1. The number of aromatic nitrogens is 1. The monoisotopic (exact) mass is 298 g/mol. The van der Waals surface area contributed by atoms with Crippen molar-refractivity contribution >= 4 is 0 Å². The number of ether oxygens (including phenoxy) is 1. The Morgan fingerprint density at radius 3 is 2.73 bits per heavy atom. The molecule has 2 atom stereocenters. The Balaban J connectivity index is 1.74. The molecule has 116 valence electrons.